The van der Waals surface area contributed by atoms with Crippen molar-refractivity contribution in [1.82, 2.24) is 5.32 Å². The fourth-order valence-corrected chi connectivity index (χ4v) is 2.14. The Balaban J connectivity index is 2.55. The first-order valence-corrected chi connectivity index (χ1v) is 5.59. The SMILES string of the molecule is CNC(=O)c1ccc(OC)c2c1BC(C)(C)O2. The second kappa shape index (κ2) is 3.98. The lowest BCUT2D eigenvalue weighted by Crippen LogP contribution is -2.36. The van der Waals surface area contributed by atoms with Gasteiger partial charge in [0.15, 0.2) is 11.5 Å². The van der Waals surface area contributed by atoms with Crippen molar-refractivity contribution in [1.29, 1.82) is 0 Å². The van der Waals surface area contributed by atoms with Gasteiger partial charge in [0, 0.05) is 12.6 Å². The van der Waals surface area contributed by atoms with Crippen molar-refractivity contribution in [2.45, 2.75) is 19.3 Å². The minimum absolute atomic E-state index is 0.0924. The van der Waals surface area contributed by atoms with Crippen LogP contribution in [0.25, 0.3) is 0 Å². The number of hydrogen-bond acceptors (Lipinski definition) is 3. The Morgan fingerprint density at radius 2 is 2.18 bits per heavy atom. The van der Waals surface area contributed by atoms with Crippen molar-refractivity contribution >= 4 is 18.6 Å². The van der Waals surface area contributed by atoms with Gasteiger partial charge in [0.05, 0.1) is 12.6 Å². The average molecular weight is 233 g/mol. The maximum Gasteiger partial charge on any atom is 0.250 e. The number of ether oxygens (including phenoxy) is 2. The Kier molecular flexibility index (Phi) is 2.77. The minimum Gasteiger partial charge on any atom is -0.493 e. The molecule has 1 aliphatic heterocycles. The largest absolute Gasteiger partial charge is 0.493 e. The van der Waals surface area contributed by atoms with Gasteiger partial charge in [-0.1, -0.05) is 0 Å². The first-order chi connectivity index (χ1) is 7.98. The Labute approximate surface area is 102 Å². The Morgan fingerprint density at radius 3 is 2.76 bits per heavy atom. The predicted octanol–water partition coefficient (Wildman–Crippen LogP) is 0.245. The second-order valence-electron chi connectivity index (χ2n) is 4.74. The number of carbonyl (C=O) groups is 1. The summed E-state index contributed by atoms with van der Waals surface area (Å²) < 4.78 is 11.1. The molecule has 0 bridgehead atoms. The van der Waals surface area contributed by atoms with Gasteiger partial charge in [0.25, 0.3) is 5.91 Å². The van der Waals surface area contributed by atoms with Gasteiger partial charge in [-0.25, -0.2) is 0 Å². The van der Waals surface area contributed by atoms with Crippen LogP contribution in [-0.4, -0.2) is 32.8 Å². The van der Waals surface area contributed by atoms with E-state index in [4.69, 9.17) is 9.47 Å². The van der Waals surface area contributed by atoms with Crippen LogP contribution in [-0.2, 0) is 0 Å². The standard InChI is InChI=1S/C12H16BNO3/c1-12(2)13-9-7(11(15)14-3)5-6-8(16-4)10(9)17-12/h5-6,13H,1-4H3,(H,14,15). The van der Waals surface area contributed by atoms with Crippen molar-refractivity contribution in [2.75, 3.05) is 14.2 Å². The summed E-state index contributed by atoms with van der Waals surface area (Å²) in [6.07, 6.45) is 0. The molecule has 90 valence electrons. The van der Waals surface area contributed by atoms with Crippen LogP contribution in [0.2, 0.25) is 0 Å². The summed E-state index contributed by atoms with van der Waals surface area (Å²) in [5.74, 6) is 1.28. The third kappa shape index (κ3) is 1.97. The number of benzene rings is 1. The van der Waals surface area contributed by atoms with E-state index >= 15 is 0 Å². The van der Waals surface area contributed by atoms with Crippen molar-refractivity contribution < 1.29 is 14.3 Å². The highest BCUT2D eigenvalue weighted by Gasteiger charge is 2.36. The van der Waals surface area contributed by atoms with Gasteiger partial charge < -0.3 is 14.8 Å². The molecule has 0 unspecified atom stereocenters. The fraction of sp³-hybridized carbons (Fsp3) is 0.417. The molecule has 0 saturated heterocycles. The van der Waals surface area contributed by atoms with Crippen LogP contribution in [0.5, 0.6) is 11.5 Å². The average Bonchev–Trinajstić information content (AvgIpc) is 2.61. The number of fused-ring (bicyclic) bond motifs is 1. The van der Waals surface area contributed by atoms with Crippen LogP contribution in [0, 0.1) is 0 Å². The summed E-state index contributed by atoms with van der Waals surface area (Å²) in [4.78, 5) is 11.8. The number of rotatable bonds is 2. The van der Waals surface area contributed by atoms with Gasteiger partial charge in [-0.05, 0) is 31.4 Å². The smallest absolute Gasteiger partial charge is 0.250 e. The summed E-state index contributed by atoms with van der Waals surface area (Å²) >= 11 is 0. The third-order valence-electron chi connectivity index (χ3n) is 2.90. The monoisotopic (exact) mass is 233 g/mol. The third-order valence-corrected chi connectivity index (χ3v) is 2.90. The number of amides is 1. The number of nitrogens with one attached hydrogen (secondary N) is 1. The van der Waals surface area contributed by atoms with Crippen molar-refractivity contribution in [3.63, 3.8) is 0 Å². The van der Waals surface area contributed by atoms with E-state index in [0.29, 0.717) is 24.3 Å². The lowest BCUT2D eigenvalue weighted by atomic mass is 9.58. The quantitative estimate of drug-likeness (QED) is 0.744. The molecule has 1 N–H and O–H groups in total. The summed E-state index contributed by atoms with van der Waals surface area (Å²) in [5.41, 5.74) is 1.29. The highest BCUT2D eigenvalue weighted by atomic mass is 16.5. The molecule has 0 aliphatic carbocycles. The van der Waals surface area contributed by atoms with E-state index in [0.717, 1.165) is 5.46 Å². The van der Waals surface area contributed by atoms with Crippen LogP contribution in [0.15, 0.2) is 12.1 Å². The zero-order valence-corrected chi connectivity index (χ0v) is 10.6. The van der Waals surface area contributed by atoms with Crippen LogP contribution in [0.3, 0.4) is 0 Å². The summed E-state index contributed by atoms with van der Waals surface area (Å²) in [7, 11) is 3.94. The second-order valence-corrected chi connectivity index (χ2v) is 4.74. The van der Waals surface area contributed by atoms with Crippen molar-refractivity contribution in [2.24, 2.45) is 0 Å². The highest BCUT2D eigenvalue weighted by molar-refractivity contribution is 6.61. The van der Waals surface area contributed by atoms with E-state index in [1.165, 1.54) is 0 Å². The molecule has 5 heteroatoms. The fourth-order valence-electron chi connectivity index (χ4n) is 2.14. The van der Waals surface area contributed by atoms with E-state index in [1.54, 1.807) is 26.3 Å². The lowest BCUT2D eigenvalue weighted by molar-refractivity contribution is 0.0964. The molecule has 1 aromatic carbocycles. The minimum atomic E-state index is -0.292. The van der Waals surface area contributed by atoms with Gasteiger partial charge >= 0.3 is 0 Å². The molecule has 4 nitrogen and oxygen atoms in total. The highest BCUT2D eigenvalue weighted by Crippen LogP contribution is 2.33. The van der Waals surface area contributed by atoms with Crippen LogP contribution in [0.4, 0.5) is 0 Å². The molecular weight excluding hydrogens is 217 g/mol. The zero-order chi connectivity index (χ0) is 12.6. The molecular formula is C12H16BNO3. The molecule has 1 aromatic rings. The van der Waals surface area contributed by atoms with E-state index in [-0.39, 0.29) is 11.4 Å². The summed E-state index contributed by atoms with van der Waals surface area (Å²) in [6, 6.07) is 3.55. The van der Waals surface area contributed by atoms with Gasteiger partial charge in [-0.3, -0.25) is 4.79 Å². The molecule has 1 aliphatic rings. The van der Waals surface area contributed by atoms with Crippen LogP contribution < -0.4 is 20.3 Å². The molecule has 17 heavy (non-hydrogen) atoms. The number of carbonyl (C=O) groups excluding carboxylic acids is 1. The number of hydrogen-bond donors (Lipinski definition) is 1. The topological polar surface area (TPSA) is 47.6 Å². The molecule has 0 saturated carbocycles. The van der Waals surface area contributed by atoms with Crippen molar-refractivity contribution in [3.05, 3.63) is 17.7 Å². The summed E-state index contributed by atoms with van der Waals surface area (Å²) in [5, 5.41) is 2.64. The van der Waals surface area contributed by atoms with Crippen LogP contribution >= 0.6 is 0 Å². The molecule has 0 radical (unpaired) electrons. The van der Waals surface area contributed by atoms with E-state index < -0.39 is 0 Å². The molecule has 0 fully saturated rings. The Bertz CT molecular complexity index is 471. The molecule has 0 spiro atoms. The molecule has 1 heterocycles. The first kappa shape index (κ1) is 11.8. The van der Waals surface area contributed by atoms with E-state index in [9.17, 15) is 4.79 Å². The maximum absolute atomic E-state index is 11.8. The predicted molar refractivity (Wildman–Crippen MR) is 67.9 cm³/mol. The molecule has 0 aromatic heterocycles. The van der Waals surface area contributed by atoms with Crippen LogP contribution in [0.1, 0.15) is 24.2 Å². The van der Waals surface area contributed by atoms with Gasteiger partial charge in [0.2, 0.25) is 7.28 Å². The van der Waals surface area contributed by atoms with Gasteiger partial charge in [-0.15, -0.1) is 0 Å². The zero-order valence-electron chi connectivity index (χ0n) is 10.6. The van der Waals surface area contributed by atoms with Gasteiger partial charge in [0.1, 0.15) is 0 Å². The maximum atomic E-state index is 11.8. The van der Waals surface area contributed by atoms with Crippen molar-refractivity contribution in [3.8, 4) is 11.5 Å². The molecule has 0 atom stereocenters. The Hall–Kier alpha value is -1.65. The Morgan fingerprint density at radius 1 is 1.47 bits per heavy atom. The summed E-state index contributed by atoms with van der Waals surface area (Å²) in [6.45, 7) is 4.00. The first-order valence-electron chi connectivity index (χ1n) is 5.59. The molecule has 2 rings (SSSR count). The molecule has 1 amide bonds. The normalized spacial score (nSPS) is 15.5. The van der Waals surface area contributed by atoms with E-state index in [2.05, 4.69) is 5.32 Å². The van der Waals surface area contributed by atoms with Gasteiger partial charge in [-0.2, -0.15) is 0 Å². The van der Waals surface area contributed by atoms with E-state index in [1.807, 2.05) is 13.8 Å². The lowest BCUT2D eigenvalue weighted by Gasteiger charge is -2.17. The number of methoxy groups -OCH3 is 1.